The summed E-state index contributed by atoms with van der Waals surface area (Å²) in [6, 6.07) is 17.1. The molecule has 0 saturated carbocycles. The Morgan fingerprint density at radius 3 is 2.07 bits per heavy atom. The van der Waals surface area contributed by atoms with Gasteiger partial charge in [0.1, 0.15) is 6.04 Å². The highest BCUT2D eigenvalue weighted by Crippen LogP contribution is 2.10. The molecule has 0 saturated heterocycles. The second kappa shape index (κ2) is 12.1. The topological polar surface area (TPSA) is 108 Å². The van der Waals surface area contributed by atoms with E-state index in [0.717, 1.165) is 11.1 Å². The predicted octanol–water partition coefficient (Wildman–Crippen LogP) is 2.30. The van der Waals surface area contributed by atoms with Crippen LogP contribution in [0.5, 0.6) is 0 Å². The second-order valence-electron chi connectivity index (χ2n) is 7.66. The van der Waals surface area contributed by atoms with Crippen LogP contribution in [-0.4, -0.2) is 40.3 Å². The van der Waals surface area contributed by atoms with Crippen molar-refractivity contribution in [2.24, 2.45) is 5.92 Å². The Bertz CT molecular complexity index is 783. The van der Waals surface area contributed by atoms with Crippen molar-refractivity contribution >= 4 is 11.9 Å². The lowest BCUT2D eigenvalue weighted by Crippen LogP contribution is -2.53. The number of amides is 1. The maximum absolute atomic E-state index is 12.6. The fraction of sp³-hybridized carbons (Fsp3) is 0.391. The maximum Gasteiger partial charge on any atom is 0.326 e. The summed E-state index contributed by atoms with van der Waals surface area (Å²) in [5, 5.41) is 22.4. The lowest BCUT2D eigenvalue weighted by Gasteiger charge is -2.25. The van der Waals surface area contributed by atoms with E-state index in [4.69, 9.17) is 4.84 Å². The average molecular weight is 415 g/mol. The normalized spacial score (nSPS) is 14.1. The molecule has 1 amide bonds. The van der Waals surface area contributed by atoms with E-state index >= 15 is 0 Å². The van der Waals surface area contributed by atoms with Crippen LogP contribution in [0.15, 0.2) is 60.7 Å². The van der Waals surface area contributed by atoms with Crippen LogP contribution in [0.25, 0.3) is 0 Å². The third kappa shape index (κ3) is 7.94. The molecule has 0 heterocycles. The molecule has 0 aromatic heterocycles. The first kappa shape index (κ1) is 23.5. The summed E-state index contributed by atoms with van der Waals surface area (Å²) >= 11 is 0. The number of nitrogens with one attached hydrogen (secondary N) is 2. The monoisotopic (exact) mass is 414 g/mol. The Balaban J connectivity index is 2.04. The zero-order valence-electron chi connectivity index (χ0n) is 17.3. The molecule has 0 fully saturated rings. The van der Waals surface area contributed by atoms with Gasteiger partial charge in [0.05, 0.1) is 12.6 Å². The number of aliphatic carboxylic acids is 1. The molecular formula is C23H30N2O5. The minimum Gasteiger partial charge on any atom is -0.480 e. The van der Waals surface area contributed by atoms with Crippen LogP contribution in [0.4, 0.5) is 0 Å². The first-order chi connectivity index (χ1) is 14.4. The number of benzene rings is 2. The van der Waals surface area contributed by atoms with Crippen molar-refractivity contribution in [2.75, 3.05) is 0 Å². The van der Waals surface area contributed by atoms with Crippen molar-refractivity contribution in [3.05, 3.63) is 71.8 Å². The van der Waals surface area contributed by atoms with Crippen molar-refractivity contribution in [3.8, 4) is 0 Å². The quantitative estimate of drug-likeness (QED) is 0.397. The first-order valence-electron chi connectivity index (χ1n) is 10.0. The van der Waals surface area contributed by atoms with Gasteiger partial charge >= 0.3 is 5.97 Å². The summed E-state index contributed by atoms with van der Waals surface area (Å²) in [6.07, 6.45) is -0.892. The molecule has 7 nitrogen and oxygen atoms in total. The van der Waals surface area contributed by atoms with E-state index in [1.165, 1.54) is 0 Å². The van der Waals surface area contributed by atoms with Gasteiger partial charge in [-0.25, -0.2) is 4.79 Å². The van der Waals surface area contributed by atoms with Crippen molar-refractivity contribution in [1.82, 2.24) is 10.8 Å². The van der Waals surface area contributed by atoms with E-state index in [0.29, 0.717) is 6.42 Å². The third-order valence-electron chi connectivity index (χ3n) is 4.59. The van der Waals surface area contributed by atoms with Crippen molar-refractivity contribution in [2.45, 2.75) is 51.5 Å². The Labute approximate surface area is 177 Å². The summed E-state index contributed by atoms with van der Waals surface area (Å²) in [6.45, 7) is 4.00. The molecule has 162 valence electrons. The zero-order valence-corrected chi connectivity index (χ0v) is 17.3. The molecule has 30 heavy (non-hydrogen) atoms. The second-order valence-corrected chi connectivity index (χ2v) is 7.66. The molecule has 0 spiro atoms. The summed E-state index contributed by atoms with van der Waals surface area (Å²) < 4.78 is 0. The van der Waals surface area contributed by atoms with Gasteiger partial charge in [-0.05, 0) is 29.9 Å². The molecule has 0 bridgehead atoms. The minimum absolute atomic E-state index is 0.0796. The Morgan fingerprint density at radius 1 is 0.967 bits per heavy atom. The lowest BCUT2D eigenvalue weighted by molar-refractivity contribution is -0.145. The number of hydrogen-bond acceptors (Lipinski definition) is 5. The number of carbonyl (C=O) groups is 2. The largest absolute Gasteiger partial charge is 0.480 e. The van der Waals surface area contributed by atoms with Gasteiger partial charge < -0.3 is 15.5 Å². The molecule has 0 aliphatic rings. The lowest BCUT2D eigenvalue weighted by atomic mass is 10.00. The first-order valence-corrected chi connectivity index (χ1v) is 10.0. The van der Waals surface area contributed by atoms with Gasteiger partial charge in [-0.2, -0.15) is 5.48 Å². The summed E-state index contributed by atoms with van der Waals surface area (Å²) in [7, 11) is 0. The molecule has 2 rings (SSSR count). The molecule has 0 aliphatic carbocycles. The highest BCUT2D eigenvalue weighted by Gasteiger charge is 2.30. The standard InChI is InChI=1S/C23H30N2O5/c1-16(2)13-20(23(28)29)24-22(27)21(26)19(14-17-9-5-3-6-10-17)25-30-15-18-11-7-4-8-12-18/h3-12,16,19-21,25-26H,13-15H2,1-2H3,(H,24,27)(H,28,29)/t19-,20+,21+/m1/s1. The van der Waals surface area contributed by atoms with Crippen molar-refractivity contribution in [1.29, 1.82) is 0 Å². The smallest absolute Gasteiger partial charge is 0.326 e. The van der Waals surface area contributed by atoms with Crippen LogP contribution in [0.2, 0.25) is 0 Å². The van der Waals surface area contributed by atoms with Crippen LogP contribution in [-0.2, 0) is 27.5 Å². The third-order valence-corrected chi connectivity index (χ3v) is 4.59. The van der Waals surface area contributed by atoms with Gasteiger partial charge in [0.2, 0.25) is 0 Å². The highest BCUT2D eigenvalue weighted by atomic mass is 16.6. The van der Waals surface area contributed by atoms with E-state index in [1.54, 1.807) is 0 Å². The Kier molecular flexibility index (Phi) is 9.47. The number of aliphatic hydroxyl groups is 1. The molecule has 3 atom stereocenters. The van der Waals surface area contributed by atoms with Crippen LogP contribution in [0, 0.1) is 5.92 Å². The SMILES string of the molecule is CC(C)C[C@H](NC(=O)[C@@H](O)[C@@H](Cc1ccccc1)NOCc1ccccc1)C(=O)O. The summed E-state index contributed by atoms with van der Waals surface area (Å²) in [5.74, 6) is -1.80. The molecule has 7 heteroatoms. The van der Waals surface area contributed by atoms with E-state index < -0.39 is 30.1 Å². The molecule has 4 N–H and O–H groups in total. The van der Waals surface area contributed by atoms with Crippen LogP contribution in [0.1, 0.15) is 31.4 Å². The molecule has 2 aromatic carbocycles. The van der Waals surface area contributed by atoms with E-state index in [1.807, 2.05) is 74.5 Å². The molecule has 2 aromatic rings. The van der Waals surface area contributed by atoms with Crippen LogP contribution in [0.3, 0.4) is 0 Å². The van der Waals surface area contributed by atoms with Gasteiger partial charge in [0.15, 0.2) is 6.10 Å². The number of carboxylic acids is 1. The van der Waals surface area contributed by atoms with Crippen LogP contribution >= 0.6 is 0 Å². The molecule has 0 radical (unpaired) electrons. The fourth-order valence-electron chi connectivity index (χ4n) is 3.02. The fourth-order valence-corrected chi connectivity index (χ4v) is 3.02. The van der Waals surface area contributed by atoms with Crippen molar-refractivity contribution in [3.63, 3.8) is 0 Å². The Hall–Kier alpha value is -2.74. The van der Waals surface area contributed by atoms with E-state index in [2.05, 4.69) is 10.8 Å². The summed E-state index contributed by atoms with van der Waals surface area (Å²) in [5.41, 5.74) is 4.62. The van der Waals surface area contributed by atoms with E-state index in [9.17, 15) is 19.8 Å². The number of aliphatic hydroxyl groups excluding tert-OH is 1. The molecular weight excluding hydrogens is 384 g/mol. The van der Waals surface area contributed by atoms with Gasteiger partial charge in [-0.15, -0.1) is 0 Å². The Morgan fingerprint density at radius 2 is 1.53 bits per heavy atom. The van der Waals surface area contributed by atoms with Gasteiger partial charge in [0.25, 0.3) is 5.91 Å². The number of carbonyl (C=O) groups excluding carboxylic acids is 1. The highest BCUT2D eigenvalue weighted by molar-refractivity contribution is 5.86. The number of hydroxylamine groups is 1. The van der Waals surface area contributed by atoms with Gasteiger partial charge in [0, 0.05) is 0 Å². The average Bonchev–Trinajstić information content (AvgIpc) is 2.73. The minimum atomic E-state index is -1.49. The van der Waals surface area contributed by atoms with Crippen LogP contribution < -0.4 is 10.8 Å². The molecule has 0 unspecified atom stereocenters. The summed E-state index contributed by atoms with van der Waals surface area (Å²) in [4.78, 5) is 29.6. The van der Waals surface area contributed by atoms with E-state index in [-0.39, 0.29) is 18.9 Å². The number of rotatable bonds is 12. The predicted molar refractivity (Wildman–Crippen MR) is 113 cm³/mol. The molecule has 0 aliphatic heterocycles. The maximum atomic E-state index is 12.6. The number of carboxylic acid groups (broad SMARTS) is 1. The number of hydrogen-bond donors (Lipinski definition) is 4. The zero-order chi connectivity index (χ0) is 21.9. The van der Waals surface area contributed by atoms with Crippen molar-refractivity contribution < 1.29 is 24.6 Å². The van der Waals surface area contributed by atoms with Gasteiger partial charge in [-0.3, -0.25) is 9.63 Å². The van der Waals surface area contributed by atoms with Gasteiger partial charge in [-0.1, -0.05) is 74.5 Å².